The normalized spacial score (nSPS) is 19.6. The first-order valence-electron chi connectivity index (χ1n) is 8.08. The van der Waals surface area contributed by atoms with Crippen LogP contribution in [-0.2, 0) is 6.42 Å². The van der Waals surface area contributed by atoms with E-state index in [1.807, 2.05) is 62.4 Å². The lowest BCUT2D eigenvalue weighted by Crippen LogP contribution is -2.26. The van der Waals surface area contributed by atoms with Crippen molar-refractivity contribution in [3.63, 3.8) is 0 Å². The van der Waals surface area contributed by atoms with Crippen LogP contribution < -0.4 is 10.2 Å². The van der Waals surface area contributed by atoms with Gasteiger partial charge in [0.05, 0.1) is 5.39 Å². The summed E-state index contributed by atoms with van der Waals surface area (Å²) in [6.45, 7) is 4.02. The Morgan fingerprint density at radius 2 is 1.92 bits per heavy atom. The Hall–Kier alpha value is -2.81. The molecule has 2 aromatic carbocycles. The molecular formula is C21H18O3. The lowest BCUT2D eigenvalue weighted by atomic mass is 9.97. The minimum absolute atomic E-state index is 0.0301. The number of hydrogen-bond donors (Lipinski definition) is 0. The van der Waals surface area contributed by atoms with Crippen LogP contribution in [0, 0.1) is 0 Å². The number of rotatable bonds is 2. The smallest absolute Gasteiger partial charge is 0.193 e. The Morgan fingerprint density at radius 1 is 1.12 bits per heavy atom. The average Bonchev–Trinajstić information content (AvgIpc) is 2.92. The lowest BCUT2D eigenvalue weighted by molar-refractivity contribution is 0.171. The van der Waals surface area contributed by atoms with Crippen molar-refractivity contribution in [3.05, 3.63) is 76.5 Å². The van der Waals surface area contributed by atoms with E-state index in [0.717, 1.165) is 16.9 Å². The molecule has 0 aliphatic carbocycles. The SMILES string of the molecule is C/C=C/[C@]1(C)Cc2c(ccc3c(=O)cc(-c4ccccc4)oc23)O1. The molecule has 0 spiro atoms. The van der Waals surface area contributed by atoms with E-state index in [9.17, 15) is 4.79 Å². The van der Waals surface area contributed by atoms with E-state index in [-0.39, 0.29) is 5.43 Å². The van der Waals surface area contributed by atoms with E-state index in [4.69, 9.17) is 9.15 Å². The molecule has 3 heteroatoms. The van der Waals surface area contributed by atoms with Crippen LogP contribution in [0.2, 0.25) is 0 Å². The van der Waals surface area contributed by atoms with Crippen molar-refractivity contribution in [1.82, 2.24) is 0 Å². The highest BCUT2D eigenvalue weighted by Gasteiger charge is 2.34. The first-order valence-corrected chi connectivity index (χ1v) is 8.08. The Kier molecular flexibility index (Phi) is 3.31. The Morgan fingerprint density at radius 3 is 2.67 bits per heavy atom. The standard InChI is InChI=1S/C21H18O3/c1-3-11-21(2)13-16-18(24-21)10-9-15-17(22)12-19(23-20(15)16)14-7-5-4-6-8-14/h3-12H,13H2,1-2H3/b11-3+/t21-/m1/s1. The Bertz CT molecular complexity index is 999. The molecule has 0 fully saturated rings. The second kappa shape index (κ2) is 5.38. The van der Waals surface area contributed by atoms with Gasteiger partial charge in [0, 0.05) is 23.6 Å². The van der Waals surface area contributed by atoms with Gasteiger partial charge in [0.2, 0.25) is 0 Å². The summed E-state index contributed by atoms with van der Waals surface area (Å²) in [5.74, 6) is 1.37. The number of hydrogen-bond acceptors (Lipinski definition) is 3. The summed E-state index contributed by atoms with van der Waals surface area (Å²) in [4.78, 5) is 12.5. The average molecular weight is 318 g/mol. The molecule has 1 aliphatic rings. The van der Waals surface area contributed by atoms with Crippen LogP contribution in [0.15, 0.2) is 69.9 Å². The summed E-state index contributed by atoms with van der Waals surface area (Å²) in [7, 11) is 0. The van der Waals surface area contributed by atoms with E-state index in [1.165, 1.54) is 0 Å². The highest BCUT2D eigenvalue weighted by Crippen LogP contribution is 2.40. The molecule has 0 radical (unpaired) electrons. The van der Waals surface area contributed by atoms with Crippen LogP contribution >= 0.6 is 0 Å². The van der Waals surface area contributed by atoms with Gasteiger partial charge in [-0.2, -0.15) is 0 Å². The van der Waals surface area contributed by atoms with E-state index in [1.54, 1.807) is 12.1 Å². The van der Waals surface area contributed by atoms with Gasteiger partial charge in [0.25, 0.3) is 0 Å². The summed E-state index contributed by atoms with van der Waals surface area (Å²) >= 11 is 0. The van der Waals surface area contributed by atoms with Crippen LogP contribution in [-0.4, -0.2) is 5.60 Å². The van der Waals surface area contributed by atoms with Gasteiger partial charge in [-0.25, -0.2) is 0 Å². The van der Waals surface area contributed by atoms with Crippen LogP contribution in [0.25, 0.3) is 22.3 Å². The van der Waals surface area contributed by atoms with Gasteiger partial charge in [-0.1, -0.05) is 36.4 Å². The van der Waals surface area contributed by atoms with Gasteiger partial charge in [-0.05, 0) is 32.1 Å². The monoisotopic (exact) mass is 318 g/mol. The van der Waals surface area contributed by atoms with Crippen molar-refractivity contribution < 1.29 is 9.15 Å². The third-order valence-electron chi connectivity index (χ3n) is 4.41. The van der Waals surface area contributed by atoms with Crippen LogP contribution in [0.5, 0.6) is 5.75 Å². The molecule has 2 heterocycles. The lowest BCUT2D eigenvalue weighted by Gasteiger charge is -2.18. The Labute approximate surface area is 140 Å². The molecule has 1 atom stereocenters. The summed E-state index contributed by atoms with van der Waals surface area (Å²) in [6.07, 6.45) is 4.71. The molecule has 3 aromatic rings. The minimum Gasteiger partial charge on any atom is -0.483 e. The molecule has 4 rings (SSSR count). The zero-order chi connectivity index (χ0) is 16.7. The zero-order valence-electron chi connectivity index (χ0n) is 13.7. The molecular weight excluding hydrogens is 300 g/mol. The number of fused-ring (bicyclic) bond motifs is 3. The Balaban J connectivity index is 1.94. The third kappa shape index (κ3) is 2.33. The second-order valence-corrected chi connectivity index (χ2v) is 6.35. The summed E-state index contributed by atoms with van der Waals surface area (Å²) in [6, 6.07) is 14.9. The molecule has 120 valence electrons. The molecule has 0 saturated heterocycles. The molecule has 24 heavy (non-hydrogen) atoms. The molecule has 0 unspecified atom stereocenters. The van der Waals surface area contributed by atoms with Gasteiger partial charge in [-0.15, -0.1) is 0 Å². The van der Waals surface area contributed by atoms with Crippen molar-refractivity contribution in [3.8, 4) is 17.1 Å². The first-order chi connectivity index (χ1) is 11.6. The summed E-state index contributed by atoms with van der Waals surface area (Å²) < 4.78 is 12.2. The van der Waals surface area contributed by atoms with Gasteiger partial charge >= 0.3 is 0 Å². The zero-order valence-corrected chi connectivity index (χ0v) is 13.7. The van der Waals surface area contributed by atoms with Gasteiger partial charge in [0.1, 0.15) is 22.7 Å². The van der Waals surface area contributed by atoms with E-state index in [2.05, 4.69) is 0 Å². The quantitative estimate of drug-likeness (QED) is 0.641. The number of ether oxygens (including phenoxy) is 1. The van der Waals surface area contributed by atoms with Crippen LogP contribution in [0.1, 0.15) is 19.4 Å². The van der Waals surface area contributed by atoms with Gasteiger partial charge in [0.15, 0.2) is 5.43 Å². The second-order valence-electron chi connectivity index (χ2n) is 6.35. The molecule has 0 N–H and O–H groups in total. The van der Waals surface area contributed by atoms with Crippen molar-refractivity contribution in [2.75, 3.05) is 0 Å². The van der Waals surface area contributed by atoms with E-state index >= 15 is 0 Å². The summed E-state index contributed by atoms with van der Waals surface area (Å²) in [5, 5.41) is 0.599. The van der Waals surface area contributed by atoms with Crippen molar-refractivity contribution >= 4 is 11.0 Å². The van der Waals surface area contributed by atoms with E-state index in [0.29, 0.717) is 23.2 Å². The van der Waals surface area contributed by atoms with Crippen molar-refractivity contribution in [2.24, 2.45) is 0 Å². The third-order valence-corrected chi connectivity index (χ3v) is 4.41. The highest BCUT2D eigenvalue weighted by atomic mass is 16.5. The summed E-state index contributed by atoms with van der Waals surface area (Å²) in [5.41, 5.74) is 2.06. The number of benzene rings is 2. The predicted octanol–water partition coefficient (Wildman–Crippen LogP) is 4.73. The molecule has 1 aromatic heterocycles. The van der Waals surface area contributed by atoms with Crippen molar-refractivity contribution in [1.29, 1.82) is 0 Å². The maximum Gasteiger partial charge on any atom is 0.193 e. The van der Waals surface area contributed by atoms with Crippen LogP contribution in [0.4, 0.5) is 0 Å². The number of allylic oxidation sites excluding steroid dienone is 1. The fourth-order valence-corrected chi connectivity index (χ4v) is 3.35. The maximum absolute atomic E-state index is 12.5. The fourth-order valence-electron chi connectivity index (χ4n) is 3.35. The van der Waals surface area contributed by atoms with Gasteiger partial charge in [-0.3, -0.25) is 4.79 Å². The largest absolute Gasteiger partial charge is 0.483 e. The molecule has 3 nitrogen and oxygen atoms in total. The fraction of sp³-hybridized carbons (Fsp3) is 0.190. The van der Waals surface area contributed by atoms with Gasteiger partial charge < -0.3 is 9.15 Å². The van der Waals surface area contributed by atoms with Crippen molar-refractivity contribution in [2.45, 2.75) is 25.9 Å². The highest BCUT2D eigenvalue weighted by molar-refractivity contribution is 5.84. The van der Waals surface area contributed by atoms with E-state index < -0.39 is 5.60 Å². The molecule has 0 saturated carbocycles. The topological polar surface area (TPSA) is 39.4 Å². The molecule has 0 amide bonds. The molecule has 1 aliphatic heterocycles. The van der Waals surface area contributed by atoms with Crippen LogP contribution in [0.3, 0.4) is 0 Å². The predicted molar refractivity (Wildman–Crippen MR) is 95.5 cm³/mol. The maximum atomic E-state index is 12.5. The molecule has 0 bridgehead atoms. The first kappa shape index (κ1) is 14.8. The minimum atomic E-state index is -0.396.